The van der Waals surface area contributed by atoms with E-state index in [1.54, 1.807) is 25.7 Å². The Balaban J connectivity index is 2.69. The molecule has 1 aliphatic carbocycles. The standard InChI is InChI=1S/C15H18N2O2/c1-5-17-7-6-11-14(2,3)12(18)10(9-16)8-15(11,4)13(17)19/h6,8H,5,7H2,1-4H3/t15-/m0/s1. The van der Waals surface area contributed by atoms with Gasteiger partial charge < -0.3 is 4.90 Å². The first-order valence-corrected chi connectivity index (χ1v) is 6.47. The third-order valence-corrected chi connectivity index (χ3v) is 4.23. The second-order valence-electron chi connectivity index (χ2n) is 5.79. The maximum Gasteiger partial charge on any atom is 0.236 e. The number of hydrogen-bond acceptors (Lipinski definition) is 3. The lowest BCUT2D eigenvalue weighted by molar-refractivity contribution is -0.139. The van der Waals surface area contributed by atoms with E-state index in [2.05, 4.69) is 0 Å². The lowest BCUT2D eigenvalue weighted by Crippen LogP contribution is -2.52. The van der Waals surface area contributed by atoms with Gasteiger partial charge >= 0.3 is 0 Å². The van der Waals surface area contributed by atoms with Gasteiger partial charge in [0.25, 0.3) is 0 Å². The summed E-state index contributed by atoms with van der Waals surface area (Å²) >= 11 is 0. The number of fused-ring (bicyclic) bond motifs is 1. The van der Waals surface area contributed by atoms with Crippen LogP contribution in [-0.4, -0.2) is 29.7 Å². The van der Waals surface area contributed by atoms with Crippen molar-refractivity contribution >= 4 is 11.7 Å². The molecule has 0 saturated carbocycles. The lowest BCUT2D eigenvalue weighted by Gasteiger charge is -2.46. The summed E-state index contributed by atoms with van der Waals surface area (Å²) in [6.45, 7) is 8.47. The van der Waals surface area contributed by atoms with Crippen molar-refractivity contribution in [2.75, 3.05) is 13.1 Å². The highest BCUT2D eigenvalue weighted by molar-refractivity contribution is 6.09. The van der Waals surface area contributed by atoms with Crippen LogP contribution < -0.4 is 0 Å². The molecule has 1 amide bonds. The van der Waals surface area contributed by atoms with Gasteiger partial charge in [-0.15, -0.1) is 0 Å². The summed E-state index contributed by atoms with van der Waals surface area (Å²) in [4.78, 5) is 26.6. The number of nitrogens with zero attached hydrogens (tertiary/aromatic N) is 2. The van der Waals surface area contributed by atoms with Gasteiger partial charge in [-0.25, -0.2) is 0 Å². The number of carbonyl (C=O) groups excluding carboxylic acids is 2. The van der Waals surface area contributed by atoms with Crippen LogP contribution in [0.5, 0.6) is 0 Å². The minimum atomic E-state index is -0.864. The van der Waals surface area contributed by atoms with Crippen LogP contribution in [0, 0.1) is 22.2 Å². The molecule has 100 valence electrons. The molecule has 0 aromatic heterocycles. The molecule has 0 aromatic rings. The summed E-state index contributed by atoms with van der Waals surface area (Å²) in [5.74, 6) is -0.225. The van der Waals surface area contributed by atoms with Crippen molar-refractivity contribution in [3.8, 4) is 6.07 Å². The Morgan fingerprint density at radius 3 is 2.53 bits per heavy atom. The third-order valence-electron chi connectivity index (χ3n) is 4.23. The van der Waals surface area contributed by atoms with E-state index in [0.29, 0.717) is 13.1 Å². The Bertz CT molecular complexity index is 563. The van der Waals surface area contributed by atoms with Gasteiger partial charge in [-0.3, -0.25) is 9.59 Å². The number of allylic oxidation sites excluding steroid dienone is 1. The van der Waals surface area contributed by atoms with E-state index in [0.717, 1.165) is 5.57 Å². The second kappa shape index (κ2) is 4.06. The number of rotatable bonds is 1. The first-order valence-electron chi connectivity index (χ1n) is 6.47. The maximum atomic E-state index is 12.6. The molecule has 0 saturated heterocycles. The molecule has 0 N–H and O–H groups in total. The van der Waals surface area contributed by atoms with Gasteiger partial charge in [-0.05, 0) is 39.3 Å². The molecule has 0 aromatic carbocycles. The molecule has 0 radical (unpaired) electrons. The van der Waals surface area contributed by atoms with E-state index in [1.807, 2.05) is 19.1 Å². The Hall–Kier alpha value is -1.89. The average Bonchev–Trinajstić information content (AvgIpc) is 2.37. The zero-order chi connectivity index (χ0) is 14.4. The normalized spacial score (nSPS) is 29.3. The molecule has 0 bridgehead atoms. The smallest absolute Gasteiger partial charge is 0.236 e. The lowest BCUT2D eigenvalue weighted by atomic mass is 9.59. The summed E-state index contributed by atoms with van der Waals surface area (Å²) in [6, 6.07) is 1.93. The van der Waals surface area contributed by atoms with Gasteiger partial charge in [0.2, 0.25) is 5.91 Å². The highest BCUT2D eigenvalue weighted by atomic mass is 16.2. The predicted octanol–water partition coefficient (Wildman–Crippen LogP) is 1.84. The van der Waals surface area contributed by atoms with Crippen LogP contribution in [-0.2, 0) is 9.59 Å². The van der Waals surface area contributed by atoms with E-state index in [1.165, 1.54) is 6.08 Å². The molecule has 1 atom stereocenters. The molecule has 4 nitrogen and oxygen atoms in total. The van der Waals surface area contributed by atoms with Crippen molar-refractivity contribution in [3.63, 3.8) is 0 Å². The summed E-state index contributed by atoms with van der Waals surface area (Å²) in [7, 11) is 0. The number of amides is 1. The Labute approximate surface area is 113 Å². The predicted molar refractivity (Wildman–Crippen MR) is 70.9 cm³/mol. The fraction of sp³-hybridized carbons (Fsp3) is 0.533. The highest BCUT2D eigenvalue weighted by Crippen LogP contribution is 2.49. The molecular formula is C15H18N2O2. The van der Waals surface area contributed by atoms with E-state index in [9.17, 15) is 9.59 Å². The molecule has 0 fully saturated rings. The minimum absolute atomic E-state index is 0.0270. The van der Waals surface area contributed by atoms with Crippen LogP contribution in [0.25, 0.3) is 0 Å². The molecule has 0 spiro atoms. The SMILES string of the molecule is CCN1CC=C2C(C)(C)C(=O)C(C#N)=C[C@]2(C)C1=O. The van der Waals surface area contributed by atoms with Crippen LogP contribution in [0.4, 0.5) is 0 Å². The van der Waals surface area contributed by atoms with E-state index in [4.69, 9.17) is 5.26 Å². The Morgan fingerprint density at radius 1 is 1.37 bits per heavy atom. The zero-order valence-corrected chi connectivity index (χ0v) is 11.8. The topological polar surface area (TPSA) is 61.2 Å². The third kappa shape index (κ3) is 1.65. The van der Waals surface area contributed by atoms with Crippen molar-refractivity contribution in [2.45, 2.75) is 27.7 Å². The first-order chi connectivity index (χ1) is 8.79. The summed E-state index contributed by atoms with van der Waals surface area (Å²) in [5.41, 5.74) is -0.740. The van der Waals surface area contributed by atoms with Crippen molar-refractivity contribution in [2.24, 2.45) is 10.8 Å². The van der Waals surface area contributed by atoms with Crippen molar-refractivity contribution in [3.05, 3.63) is 23.3 Å². The summed E-state index contributed by atoms with van der Waals surface area (Å²) < 4.78 is 0. The largest absolute Gasteiger partial charge is 0.338 e. The van der Waals surface area contributed by atoms with Crippen LogP contribution in [0.1, 0.15) is 27.7 Å². The molecule has 1 heterocycles. The zero-order valence-electron chi connectivity index (χ0n) is 11.8. The molecule has 19 heavy (non-hydrogen) atoms. The van der Waals surface area contributed by atoms with Crippen LogP contribution in [0.3, 0.4) is 0 Å². The number of Topliss-reactive ketones (excluding diaryl/α,β-unsaturated/α-hetero) is 1. The number of hydrogen-bond donors (Lipinski definition) is 0. The Kier molecular flexibility index (Phi) is 2.89. The molecular weight excluding hydrogens is 240 g/mol. The maximum absolute atomic E-state index is 12.6. The quantitative estimate of drug-likeness (QED) is 0.674. The molecule has 0 unspecified atom stereocenters. The van der Waals surface area contributed by atoms with Gasteiger partial charge in [0.1, 0.15) is 6.07 Å². The van der Waals surface area contributed by atoms with Gasteiger partial charge in [-0.1, -0.05) is 6.08 Å². The molecule has 1 aliphatic heterocycles. The minimum Gasteiger partial charge on any atom is -0.338 e. The van der Waals surface area contributed by atoms with Gasteiger partial charge in [-0.2, -0.15) is 5.26 Å². The van der Waals surface area contributed by atoms with E-state index in [-0.39, 0.29) is 17.3 Å². The fourth-order valence-electron chi connectivity index (χ4n) is 3.15. The number of likely N-dealkylation sites (N-methyl/N-ethyl adjacent to an activating group) is 1. The second-order valence-corrected chi connectivity index (χ2v) is 5.79. The molecule has 4 heteroatoms. The fourth-order valence-corrected chi connectivity index (χ4v) is 3.15. The molecule has 2 rings (SSSR count). The van der Waals surface area contributed by atoms with Crippen LogP contribution >= 0.6 is 0 Å². The first kappa shape index (κ1) is 13.5. The van der Waals surface area contributed by atoms with Crippen molar-refractivity contribution < 1.29 is 9.59 Å². The van der Waals surface area contributed by atoms with E-state index >= 15 is 0 Å². The number of carbonyl (C=O) groups is 2. The van der Waals surface area contributed by atoms with Gasteiger partial charge in [0.15, 0.2) is 5.78 Å². The van der Waals surface area contributed by atoms with Crippen molar-refractivity contribution in [1.82, 2.24) is 4.90 Å². The highest BCUT2D eigenvalue weighted by Gasteiger charge is 2.53. The number of nitriles is 1. The Morgan fingerprint density at radius 2 is 2.00 bits per heavy atom. The van der Waals surface area contributed by atoms with Crippen LogP contribution in [0.2, 0.25) is 0 Å². The average molecular weight is 258 g/mol. The molecule has 2 aliphatic rings. The van der Waals surface area contributed by atoms with Crippen molar-refractivity contribution in [1.29, 1.82) is 5.26 Å². The summed E-state index contributed by atoms with van der Waals surface area (Å²) in [5, 5.41) is 9.12. The van der Waals surface area contributed by atoms with Crippen LogP contribution in [0.15, 0.2) is 23.3 Å². The monoisotopic (exact) mass is 258 g/mol. The summed E-state index contributed by atoms with van der Waals surface area (Å²) in [6.07, 6.45) is 3.50. The van der Waals surface area contributed by atoms with Gasteiger partial charge in [0, 0.05) is 13.1 Å². The van der Waals surface area contributed by atoms with E-state index < -0.39 is 10.8 Å². The number of ketones is 1. The van der Waals surface area contributed by atoms with Gasteiger partial charge in [0.05, 0.1) is 16.4 Å².